The summed E-state index contributed by atoms with van der Waals surface area (Å²) in [5, 5.41) is 8.87. The van der Waals surface area contributed by atoms with Crippen LogP contribution in [0.15, 0.2) is 24.3 Å². The Balaban J connectivity index is 2.77. The summed E-state index contributed by atoms with van der Waals surface area (Å²) in [6.07, 6.45) is 0. The van der Waals surface area contributed by atoms with Gasteiger partial charge in [0.25, 0.3) is 0 Å². The Hall–Kier alpha value is 0.0700. The largest absolute Gasteiger partial charge is 0.395 e. The third kappa shape index (κ3) is 3.04. The van der Waals surface area contributed by atoms with E-state index in [1.807, 2.05) is 0 Å². The Morgan fingerprint density at radius 3 is 2.23 bits per heavy atom. The molecule has 0 saturated heterocycles. The zero-order chi connectivity index (χ0) is 9.84. The number of rotatable bonds is 3. The monoisotopic (exact) mass is 310 g/mol. The smallest absolute Gasteiger partial charge is 0.123 e. The first-order valence-corrected chi connectivity index (χ1v) is 5.62. The van der Waals surface area contributed by atoms with Crippen LogP contribution in [0, 0.1) is 5.82 Å². The highest BCUT2D eigenvalue weighted by atomic mass is 79.9. The molecule has 0 saturated carbocycles. The molecule has 4 heteroatoms. The van der Waals surface area contributed by atoms with Gasteiger partial charge in [0.05, 0.1) is 16.3 Å². The van der Waals surface area contributed by atoms with Gasteiger partial charge in [-0.25, -0.2) is 4.39 Å². The molecule has 0 unspecified atom stereocenters. The molecule has 0 aliphatic carbocycles. The van der Waals surface area contributed by atoms with Crippen LogP contribution in [0.4, 0.5) is 4.39 Å². The molecule has 1 N–H and O–H groups in total. The quantitative estimate of drug-likeness (QED) is 0.851. The van der Waals surface area contributed by atoms with Crippen LogP contribution >= 0.6 is 31.9 Å². The van der Waals surface area contributed by atoms with Crippen molar-refractivity contribution in [1.29, 1.82) is 0 Å². The van der Waals surface area contributed by atoms with Gasteiger partial charge in [-0.2, -0.15) is 0 Å². The molecule has 0 aromatic heterocycles. The van der Waals surface area contributed by atoms with Gasteiger partial charge in [-0.1, -0.05) is 44.0 Å². The van der Waals surface area contributed by atoms with Crippen LogP contribution in [0.2, 0.25) is 0 Å². The molecule has 0 aliphatic heterocycles. The third-order valence-electron chi connectivity index (χ3n) is 1.68. The molecule has 0 bridgehead atoms. The summed E-state index contributed by atoms with van der Waals surface area (Å²) in [7, 11) is 0. The molecule has 1 nitrogen and oxygen atoms in total. The van der Waals surface area contributed by atoms with Gasteiger partial charge in [0.2, 0.25) is 0 Å². The van der Waals surface area contributed by atoms with E-state index in [1.165, 1.54) is 12.1 Å². The van der Waals surface area contributed by atoms with Crippen LogP contribution in [-0.4, -0.2) is 16.5 Å². The minimum atomic E-state index is -0.251. The zero-order valence-corrected chi connectivity index (χ0v) is 9.92. The summed E-state index contributed by atoms with van der Waals surface area (Å²) in [6, 6.07) is 6.19. The molecule has 1 aromatic carbocycles. The fourth-order valence-electron chi connectivity index (χ4n) is 0.948. The number of benzene rings is 1. The van der Waals surface area contributed by atoms with Crippen molar-refractivity contribution in [2.45, 2.75) is 9.65 Å². The second-order valence-corrected chi connectivity index (χ2v) is 4.81. The van der Waals surface area contributed by atoms with Gasteiger partial charge in [-0.05, 0) is 17.7 Å². The summed E-state index contributed by atoms with van der Waals surface area (Å²) in [6.45, 7) is 0.0350. The molecule has 1 aromatic rings. The number of aliphatic hydroxyl groups excluding tert-OH is 1. The van der Waals surface area contributed by atoms with Crippen LogP contribution < -0.4 is 0 Å². The van der Waals surface area contributed by atoms with E-state index in [-0.39, 0.29) is 22.1 Å². The summed E-state index contributed by atoms with van der Waals surface area (Å²) in [5.74, 6) is -0.251. The Kier molecular flexibility index (Phi) is 4.35. The lowest BCUT2D eigenvalue weighted by Gasteiger charge is -2.14. The molecule has 72 valence electrons. The molecular formula is C9H9Br2FO. The van der Waals surface area contributed by atoms with Crippen molar-refractivity contribution in [3.05, 3.63) is 35.6 Å². The Labute approximate surface area is 93.2 Å². The first-order chi connectivity index (χ1) is 6.15. The van der Waals surface area contributed by atoms with E-state index in [9.17, 15) is 4.39 Å². The number of halogens is 3. The van der Waals surface area contributed by atoms with E-state index < -0.39 is 0 Å². The molecule has 0 fully saturated rings. The molecular weight excluding hydrogens is 303 g/mol. The zero-order valence-electron chi connectivity index (χ0n) is 6.75. The van der Waals surface area contributed by atoms with Gasteiger partial charge in [0.1, 0.15) is 5.82 Å². The van der Waals surface area contributed by atoms with Crippen molar-refractivity contribution in [2.75, 3.05) is 6.61 Å². The average Bonchev–Trinajstić information content (AvgIpc) is 2.17. The van der Waals surface area contributed by atoms with Crippen molar-refractivity contribution >= 4 is 31.9 Å². The second kappa shape index (κ2) is 5.08. The summed E-state index contributed by atoms with van der Waals surface area (Å²) in [4.78, 5) is -0.0592. The highest BCUT2D eigenvalue weighted by Crippen LogP contribution is 2.30. The van der Waals surface area contributed by atoms with E-state index in [1.54, 1.807) is 12.1 Å². The minimum Gasteiger partial charge on any atom is -0.395 e. The van der Waals surface area contributed by atoms with Crippen molar-refractivity contribution in [3.63, 3.8) is 0 Å². The van der Waals surface area contributed by atoms with Crippen LogP contribution in [0.25, 0.3) is 0 Å². The third-order valence-corrected chi connectivity index (χ3v) is 4.37. The first-order valence-electron chi connectivity index (χ1n) is 3.79. The highest BCUT2D eigenvalue weighted by molar-refractivity contribution is 9.12. The maximum absolute atomic E-state index is 12.6. The van der Waals surface area contributed by atoms with Crippen molar-refractivity contribution in [3.8, 4) is 0 Å². The fraction of sp³-hybridized carbons (Fsp3) is 0.333. The average molecular weight is 312 g/mol. The highest BCUT2D eigenvalue weighted by Gasteiger charge is 2.16. The summed E-state index contributed by atoms with van der Waals surface area (Å²) >= 11 is 6.71. The number of hydrogen-bond donors (Lipinski definition) is 1. The van der Waals surface area contributed by atoms with Gasteiger partial charge in [-0.3, -0.25) is 0 Å². The van der Waals surface area contributed by atoms with Gasteiger partial charge >= 0.3 is 0 Å². The van der Waals surface area contributed by atoms with E-state index in [0.717, 1.165) is 5.56 Å². The molecule has 0 spiro atoms. The molecule has 0 aliphatic rings. The predicted octanol–water partition coefficient (Wildman–Crippen LogP) is 3.02. The first kappa shape index (κ1) is 11.1. The lowest BCUT2D eigenvalue weighted by Crippen LogP contribution is -2.10. The summed E-state index contributed by atoms with van der Waals surface area (Å²) < 4.78 is 12.6. The Bertz CT molecular complexity index is 263. The Morgan fingerprint density at radius 2 is 1.77 bits per heavy atom. The molecule has 0 radical (unpaired) electrons. The lowest BCUT2D eigenvalue weighted by atomic mass is 10.1. The SMILES string of the molecule is OC[C@@H](Br)[C@@H](Br)c1ccc(F)cc1. The maximum atomic E-state index is 12.6. The van der Waals surface area contributed by atoms with Crippen LogP contribution in [-0.2, 0) is 0 Å². The topological polar surface area (TPSA) is 20.2 Å². The molecule has 1 rings (SSSR count). The maximum Gasteiger partial charge on any atom is 0.123 e. The van der Waals surface area contributed by atoms with Crippen molar-refractivity contribution in [2.24, 2.45) is 0 Å². The second-order valence-electron chi connectivity index (χ2n) is 2.65. The van der Waals surface area contributed by atoms with Crippen LogP contribution in [0.3, 0.4) is 0 Å². The van der Waals surface area contributed by atoms with Gasteiger partial charge in [0, 0.05) is 0 Å². The number of aliphatic hydroxyl groups is 1. The molecule has 13 heavy (non-hydrogen) atoms. The molecule has 2 atom stereocenters. The van der Waals surface area contributed by atoms with Gasteiger partial charge in [-0.15, -0.1) is 0 Å². The van der Waals surface area contributed by atoms with Crippen LogP contribution in [0.1, 0.15) is 10.4 Å². The van der Waals surface area contributed by atoms with Gasteiger partial charge < -0.3 is 5.11 Å². The standard InChI is InChI=1S/C9H9Br2FO/c10-8(5-13)9(11)6-1-3-7(12)4-2-6/h1-4,8-9,13H,5H2/t8-,9+/m1/s1. The minimum absolute atomic E-state index is 0.00176. The number of hydrogen-bond acceptors (Lipinski definition) is 1. The number of alkyl halides is 2. The molecule has 0 heterocycles. The van der Waals surface area contributed by atoms with Crippen molar-refractivity contribution in [1.82, 2.24) is 0 Å². The Morgan fingerprint density at radius 1 is 1.23 bits per heavy atom. The molecule has 0 amide bonds. The van der Waals surface area contributed by atoms with E-state index >= 15 is 0 Å². The summed E-state index contributed by atoms with van der Waals surface area (Å²) in [5.41, 5.74) is 0.942. The van der Waals surface area contributed by atoms with Crippen molar-refractivity contribution < 1.29 is 9.50 Å². The predicted molar refractivity (Wildman–Crippen MR) is 57.9 cm³/mol. The van der Waals surface area contributed by atoms with E-state index in [4.69, 9.17) is 5.11 Å². The fourth-order valence-corrected chi connectivity index (χ4v) is 1.73. The van der Waals surface area contributed by atoms with Crippen LogP contribution in [0.5, 0.6) is 0 Å². The lowest BCUT2D eigenvalue weighted by molar-refractivity contribution is 0.296. The van der Waals surface area contributed by atoms with Gasteiger partial charge in [0.15, 0.2) is 0 Å². The van der Waals surface area contributed by atoms with E-state index in [2.05, 4.69) is 31.9 Å². The van der Waals surface area contributed by atoms with E-state index in [0.29, 0.717) is 0 Å². The normalized spacial score (nSPS) is 15.4.